The molecule has 102 valence electrons. The first-order chi connectivity index (χ1) is 9.60. The quantitative estimate of drug-likeness (QED) is 0.810. The fraction of sp³-hybridized carbons (Fsp3) is 0.0714. The van der Waals surface area contributed by atoms with E-state index in [4.69, 9.17) is 23.2 Å². The van der Waals surface area contributed by atoms with E-state index in [-0.39, 0.29) is 5.91 Å². The molecule has 2 aromatic carbocycles. The predicted molar refractivity (Wildman–Crippen MR) is 84.7 cm³/mol. The molecule has 20 heavy (non-hydrogen) atoms. The first-order valence-electron chi connectivity index (χ1n) is 5.92. The number of fused-ring (bicyclic) bond motifs is 1. The fourth-order valence-electron chi connectivity index (χ4n) is 2.00. The number of anilines is 2. The van der Waals surface area contributed by atoms with Crippen LogP contribution >= 0.6 is 35.1 Å². The number of carbonyl (C=O) groups excluding carboxylic acids is 1. The summed E-state index contributed by atoms with van der Waals surface area (Å²) in [7, 11) is 0. The van der Waals surface area contributed by atoms with Crippen molar-refractivity contribution in [3.05, 3.63) is 52.0 Å². The second kappa shape index (κ2) is 5.56. The van der Waals surface area contributed by atoms with Crippen LogP contribution in [0.3, 0.4) is 0 Å². The summed E-state index contributed by atoms with van der Waals surface area (Å²) in [4.78, 5) is 12.2. The van der Waals surface area contributed by atoms with E-state index in [9.17, 15) is 4.79 Å². The summed E-state index contributed by atoms with van der Waals surface area (Å²) >= 11 is 13.3. The minimum atomic E-state index is 0.0337. The third-order valence-corrected chi connectivity index (χ3v) is 4.10. The molecule has 0 fully saturated rings. The van der Waals surface area contributed by atoms with E-state index in [2.05, 4.69) is 10.0 Å². The molecule has 1 heterocycles. The van der Waals surface area contributed by atoms with E-state index in [0.717, 1.165) is 21.8 Å². The van der Waals surface area contributed by atoms with Gasteiger partial charge in [0, 0.05) is 26.3 Å². The summed E-state index contributed by atoms with van der Waals surface area (Å²) in [5, 5.41) is 4.01. The zero-order valence-electron chi connectivity index (χ0n) is 10.2. The van der Waals surface area contributed by atoms with E-state index in [0.29, 0.717) is 16.5 Å². The van der Waals surface area contributed by atoms with Crippen LogP contribution in [0.5, 0.6) is 0 Å². The normalized spacial score (nSPS) is 13.0. The maximum atomic E-state index is 11.3. The molecule has 0 saturated heterocycles. The maximum absolute atomic E-state index is 11.3. The van der Waals surface area contributed by atoms with Gasteiger partial charge in [-0.2, -0.15) is 0 Å². The predicted octanol–water partition coefficient (Wildman–Crippen LogP) is 4.61. The molecule has 2 aromatic rings. The van der Waals surface area contributed by atoms with Crippen molar-refractivity contribution in [1.29, 1.82) is 0 Å². The van der Waals surface area contributed by atoms with Gasteiger partial charge in [-0.15, -0.1) is 0 Å². The van der Waals surface area contributed by atoms with Crippen LogP contribution in [0.1, 0.15) is 5.56 Å². The minimum absolute atomic E-state index is 0.0337. The molecule has 0 aromatic heterocycles. The number of carbonyl (C=O) groups is 1. The van der Waals surface area contributed by atoms with Gasteiger partial charge >= 0.3 is 0 Å². The molecule has 3 rings (SSSR count). The molecule has 1 aliphatic rings. The highest BCUT2D eigenvalue weighted by molar-refractivity contribution is 8.00. The Morgan fingerprint density at radius 2 is 1.85 bits per heavy atom. The van der Waals surface area contributed by atoms with Gasteiger partial charge in [-0.05, 0) is 53.9 Å². The maximum Gasteiger partial charge on any atom is 0.228 e. The molecule has 3 nitrogen and oxygen atoms in total. The average Bonchev–Trinajstić information content (AvgIpc) is 2.74. The van der Waals surface area contributed by atoms with Crippen LogP contribution in [0.4, 0.5) is 11.4 Å². The van der Waals surface area contributed by atoms with Gasteiger partial charge in [-0.3, -0.25) is 4.79 Å². The van der Waals surface area contributed by atoms with Crippen LogP contribution < -0.4 is 10.0 Å². The molecular formula is C14H10Cl2N2OS. The molecule has 2 N–H and O–H groups in total. The van der Waals surface area contributed by atoms with Gasteiger partial charge in [0.25, 0.3) is 0 Å². The van der Waals surface area contributed by atoms with E-state index in [1.54, 1.807) is 6.07 Å². The Morgan fingerprint density at radius 1 is 1.10 bits per heavy atom. The van der Waals surface area contributed by atoms with Gasteiger partial charge in [-0.1, -0.05) is 23.2 Å². The minimum Gasteiger partial charge on any atom is -0.326 e. The molecule has 0 bridgehead atoms. The van der Waals surface area contributed by atoms with Crippen molar-refractivity contribution in [2.24, 2.45) is 0 Å². The molecular weight excluding hydrogens is 315 g/mol. The third kappa shape index (κ3) is 3.03. The Kier molecular flexibility index (Phi) is 3.78. The van der Waals surface area contributed by atoms with Crippen LogP contribution in [0.25, 0.3) is 0 Å². The van der Waals surface area contributed by atoms with Crippen molar-refractivity contribution >= 4 is 52.4 Å². The summed E-state index contributed by atoms with van der Waals surface area (Å²) < 4.78 is 3.22. The lowest BCUT2D eigenvalue weighted by Gasteiger charge is -2.08. The van der Waals surface area contributed by atoms with Crippen molar-refractivity contribution < 1.29 is 4.79 Å². The lowest BCUT2D eigenvalue weighted by Crippen LogP contribution is -2.03. The van der Waals surface area contributed by atoms with Crippen LogP contribution in [0.2, 0.25) is 10.0 Å². The van der Waals surface area contributed by atoms with E-state index < -0.39 is 0 Å². The third-order valence-electron chi connectivity index (χ3n) is 2.85. The zero-order chi connectivity index (χ0) is 14.1. The number of nitrogens with one attached hydrogen (secondary N) is 2. The van der Waals surface area contributed by atoms with E-state index >= 15 is 0 Å². The molecule has 0 atom stereocenters. The molecule has 6 heteroatoms. The van der Waals surface area contributed by atoms with Gasteiger partial charge in [-0.25, -0.2) is 0 Å². The number of hydrogen-bond donors (Lipinski definition) is 2. The van der Waals surface area contributed by atoms with Gasteiger partial charge < -0.3 is 10.0 Å². The van der Waals surface area contributed by atoms with E-state index in [1.165, 1.54) is 11.9 Å². The summed E-state index contributed by atoms with van der Waals surface area (Å²) in [5.74, 6) is 0.0337. The lowest BCUT2D eigenvalue weighted by atomic mass is 10.1. The fourth-order valence-corrected chi connectivity index (χ4v) is 3.39. The van der Waals surface area contributed by atoms with E-state index in [1.807, 2.05) is 30.3 Å². The second-order valence-electron chi connectivity index (χ2n) is 4.41. The standard InChI is InChI=1S/C14H10Cl2N2OS/c15-9-5-10(16)7-12(6-9)20-18-11-1-2-13-8(3-11)4-14(19)17-13/h1-3,5-7,18H,4H2,(H,17,19). The van der Waals surface area contributed by atoms with Gasteiger partial charge in [0.05, 0.1) is 6.42 Å². The Hall–Kier alpha value is -1.36. The summed E-state index contributed by atoms with van der Waals surface area (Å²) in [5.41, 5.74) is 2.82. The first-order valence-corrected chi connectivity index (χ1v) is 7.49. The smallest absolute Gasteiger partial charge is 0.228 e. The summed E-state index contributed by atoms with van der Waals surface area (Å²) in [6, 6.07) is 11.1. The molecule has 1 amide bonds. The van der Waals surface area contributed by atoms with Crippen molar-refractivity contribution in [3.63, 3.8) is 0 Å². The van der Waals surface area contributed by atoms with Crippen LogP contribution in [0, 0.1) is 0 Å². The highest BCUT2D eigenvalue weighted by Crippen LogP contribution is 2.30. The van der Waals surface area contributed by atoms with Crippen molar-refractivity contribution in [3.8, 4) is 0 Å². The second-order valence-corrected chi connectivity index (χ2v) is 6.16. The molecule has 1 aliphatic heterocycles. The van der Waals surface area contributed by atoms with Gasteiger partial charge in [0.2, 0.25) is 5.91 Å². The van der Waals surface area contributed by atoms with Crippen molar-refractivity contribution in [1.82, 2.24) is 0 Å². The molecule has 0 radical (unpaired) electrons. The van der Waals surface area contributed by atoms with Crippen molar-refractivity contribution in [2.45, 2.75) is 11.3 Å². The lowest BCUT2D eigenvalue weighted by molar-refractivity contribution is -0.115. The Bertz CT molecular complexity index is 671. The average molecular weight is 325 g/mol. The number of halogens is 2. The highest BCUT2D eigenvalue weighted by atomic mass is 35.5. The number of rotatable bonds is 3. The molecule has 0 unspecified atom stereocenters. The molecule has 0 spiro atoms. The largest absolute Gasteiger partial charge is 0.326 e. The van der Waals surface area contributed by atoms with Crippen LogP contribution in [-0.4, -0.2) is 5.91 Å². The first kappa shape index (κ1) is 13.6. The molecule has 0 aliphatic carbocycles. The molecule has 0 saturated carbocycles. The Morgan fingerprint density at radius 3 is 2.60 bits per heavy atom. The number of benzene rings is 2. The van der Waals surface area contributed by atoms with Crippen LogP contribution in [0.15, 0.2) is 41.3 Å². The number of hydrogen-bond acceptors (Lipinski definition) is 3. The Balaban J connectivity index is 1.73. The highest BCUT2D eigenvalue weighted by Gasteiger charge is 2.17. The van der Waals surface area contributed by atoms with Gasteiger partial charge in [0.1, 0.15) is 0 Å². The summed E-state index contributed by atoms with van der Waals surface area (Å²) in [6.45, 7) is 0. The zero-order valence-corrected chi connectivity index (χ0v) is 12.6. The number of amides is 1. The monoisotopic (exact) mass is 324 g/mol. The topological polar surface area (TPSA) is 41.1 Å². The Labute approximate surface area is 130 Å². The van der Waals surface area contributed by atoms with Crippen molar-refractivity contribution in [2.75, 3.05) is 10.0 Å². The SMILES string of the molecule is O=C1Cc2cc(NSc3cc(Cl)cc(Cl)c3)ccc2N1. The summed E-state index contributed by atoms with van der Waals surface area (Å²) in [6.07, 6.45) is 0.429. The van der Waals surface area contributed by atoms with Gasteiger partial charge in [0.15, 0.2) is 0 Å². The van der Waals surface area contributed by atoms with Crippen LogP contribution in [-0.2, 0) is 11.2 Å².